The van der Waals surface area contributed by atoms with Gasteiger partial charge in [-0.05, 0) is 24.6 Å². The number of aryl methyl sites for hydroxylation is 1. The number of nitrogens with two attached hydrogens (primary N) is 1. The van der Waals surface area contributed by atoms with Crippen LogP contribution in [0, 0.1) is 12.7 Å². The first-order valence-corrected chi connectivity index (χ1v) is 5.78. The van der Waals surface area contributed by atoms with Crippen LogP contribution in [0.4, 0.5) is 10.1 Å². The maximum absolute atomic E-state index is 13.5. The predicted molar refractivity (Wildman–Crippen MR) is 68.2 cm³/mol. The Kier molecular flexibility index (Phi) is 3.86. The molecule has 0 atom stereocenters. The van der Waals surface area contributed by atoms with Crippen LogP contribution in [0.3, 0.4) is 0 Å². The molecule has 7 heteroatoms. The van der Waals surface area contributed by atoms with E-state index in [-0.39, 0.29) is 11.4 Å². The Bertz CT molecular complexity index is 596. The maximum atomic E-state index is 13.5. The average Bonchev–Trinajstić information content (AvgIpc) is 2.83. The van der Waals surface area contributed by atoms with Gasteiger partial charge in [-0.1, -0.05) is 11.3 Å². The van der Waals surface area contributed by atoms with Crippen molar-refractivity contribution in [2.24, 2.45) is 5.73 Å². The van der Waals surface area contributed by atoms with Crippen LogP contribution in [0.1, 0.15) is 16.1 Å². The van der Waals surface area contributed by atoms with E-state index in [1.165, 1.54) is 16.9 Å². The van der Waals surface area contributed by atoms with Crippen molar-refractivity contribution < 1.29 is 9.18 Å². The van der Waals surface area contributed by atoms with E-state index in [2.05, 4.69) is 15.6 Å². The zero-order valence-electron chi connectivity index (χ0n) is 10.4. The summed E-state index contributed by atoms with van der Waals surface area (Å²) in [5.41, 5.74) is 6.46. The quantitative estimate of drug-likeness (QED) is 0.859. The summed E-state index contributed by atoms with van der Waals surface area (Å²) in [6.45, 7) is 2.68. The van der Waals surface area contributed by atoms with Gasteiger partial charge < -0.3 is 11.1 Å². The number of hydrogen-bond donors (Lipinski definition) is 2. The Balaban J connectivity index is 2.13. The van der Waals surface area contributed by atoms with Crippen molar-refractivity contribution in [2.45, 2.75) is 13.5 Å². The molecule has 0 radical (unpaired) electrons. The molecule has 0 saturated carbocycles. The van der Waals surface area contributed by atoms with Crippen LogP contribution in [0.2, 0.25) is 0 Å². The molecule has 1 aromatic carbocycles. The molecule has 0 aliphatic carbocycles. The van der Waals surface area contributed by atoms with Gasteiger partial charge in [0, 0.05) is 6.54 Å². The van der Waals surface area contributed by atoms with Crippen LogP contribution in [0.5, 0.6) is 0 Å². The van der Waals surface area contributed by atoms with Crippen molar-refractivity contribution in [1.82, 2.24) is 15.0 Å². The molecule has 0 unspecified atom stereocenters. The molecule has 6 nitrogen and oxygen atoms in total. The SMILES string of the molecule is Cc1ccc(F)c(NC(=O)c2cn(CCN)nn2)c1. The highest BCUT2D eigenvalue weighted by atomic mass is 19.1. The van der Waals surface area contributed by atoms with Crippen molar-refractivity contribution in [3.63, 3.8) is 0 Å². The summed E-state index contributed by atoms with van der Waals surface area (Å²) in [5.74, 6) is -0.999. The van der Waals surface area contributed by atoms with E-state index in [0.717, 1.165) is 5.56 Å². The summed E-state index contributed by atoms with van der Waals surface area (Å²) < 4.78 is 15.0. The van der Waals surface area contributed by atoms with E-state index in [4.69, 9.17) is 5.73 Å². The average molecular weight is 263 g/mol. The number of rotatable bonds is 4. The van der Waals surface area contributed by atoms with Gasteiger partial charge in [0.05, 0.1) is 18.4 Å². The van der Waals surface area contributed by atoms with Crippen LogP contribution >= 0.6 is 0 Å². The molecule has 1 amide bonds. The molecule has 100 valence electrons. The highest BCUT2D eigenvalue weighted by molar-refractivity contribution is 6.02. The lowest BCUT2D eigenvalue weighted by molar-refractivity contribution is 0.102. The van der Waals surface area contributed by atoms with E-state index in [1.54, 1.807) is 12.1 Å². The molecule has 0 aliphatic rings. The second kappa shape index (κ2) is 5.57. The number of halogens is 1. The number of nitrogens with one attached hydrogen (secondary N) is 1. The van der Waals surface area contributed by atoms with E-state index in [0.29, 0.717) is 13.1 Å². The molecule has 0 aliphatic heterocycles. The van der Waals surface area contributed by atoms with Crippen molar-refractivity contribution in [2.75, 3.05) is 11.9 Å². The minimum absolute atomic E-state index is 0.120. The second-order valence-corrected chi connectivity index (χ2v) is 4.09. The van der Waals surface area contributed by atoms with Gasteiger partial charge >= 0.3 is 0 Å². The molecule has 0 spiro atoms. The molecule has 19 heavy (non-hydrogen) atoms. The molecule has 1 aromatic heterocycles. The van der Waals surface area contributed by atoms with Gasteiger partial charge in [0.1, 0.15) is 5.82 Å². The van der Waals surface area contributed by atoms with Crippen molar-refractivity contribution in [3.05, 3.63) is 41.5 Å². The second-order valence-electron chi connectivity index (χ2n) is 4.09. The largest absolute Gasteiger partial charge is 0.329 e. The minimum Gasteiger partial charge on any atom is -0.329 e. The number of amides is 1. The lowest BCUT2D eigenvalue weighted by Gasteiger charge is -2.05. The Morgan fingerprint density at radius 3 is 3.05 bits per heavy atom. The Hall–Kier alpha value is -2.28. The van der Waals surface area contributed by atoms with Gasteiger partial charge in [-0.25, -0.2) is 4.39 Å². The standard InChI is InChI=1S/C12H14FN5O/c1-8-2-3-9(13)10(6-8)15-12(19)11-7-18(5-4-14)17-16-11/h2-3,6-7H,4-5,14H2,1H3,(H,15,19). The highest BCUT2D eigenvalue weighted by Gasteiger charge is 2.13. The van der Waals surface area contributed by atoms with E-state index < -0.39 is 11.7 Å². The van der Waals surface area contributed by atoms with Crippen LogP contribution in [0.15, 0.2) is 24.4 Å². The van der Waals surface area contributed by atoms with Gasteiger partial charge in [0.2, 0.25) is 0 Å². The molecular formula is C12H14FN5O. The van der Waals surface area contributed by atoms with Crippen LogP contribution < -0.4 is 11.1 Å². The summed E-state index contributed by atoms with van der Waals surface area (Å²) in [6, 6.07) is 4.48. The van der Waals surface area contributed by atoms with Gasteiger partial charge in [0.15, 0.2) is 5.69 Å². The first kappa shape index (κ1) is 13.2. The Morgan fingerprint density at radius 1 is 1.53 bits per heavy atom. The van der Waals surface area contributed by atoms with Crippen LogP contribution in [-0.4, -0.2) is 27.4 Å². The fourth-order valence-electron chi connectivity index (χ4n) is 1.57. The fourth-order valence-corrected chi connectivity index (χ4v) is 1.57. The van der Waals surface area contributed by atoms with Gasteiger partial charge in [0.25, 0.3) is 5.91 Å². The number of carbonyl (C=O) groups excluding carboxylic acids is 1. The number of carbonyl (C=O) groups is 1. The smallest absolute Gasteiger partial charge is 0.277 e. The molecule has 0 saturated heterocycles. The molecule has 2 aromatic rings. The first-order chi connectivity index (χ1) is 9.10. The number of anilines is 1. The number of benzene rings is 1. The predicted octanol–water partition coefficient (Wildman–Crippen LogP) is 0.937. The summed E-state index contributed by atoms with van der Waals surface area (Å²) >= 11 is 0. The van der Waals surface area contributed by atoms with Crippen molar-refractivity contribution >= 4 is 11.6 Å². The lowest BCUT2D eigenvalue weighted by Crippen LogP contribution is -2.14. The van der Waals surface area contributed by atoms with Crippen molar-refractivity contribution in [3.8, 4) is 0 Å². The third-order valence-electron chi connectivity index (χ3n) is 2.50. The summed E-state index contributed by atoms with van der Waals surface area (Å²) in [5, 5.41) is 9.91. The zero-order chi connectivity index (χ0) is 13.8. The lowest BCUT2D eigenvalue weighted by atomic mass is 10.2. The molecular weight excluding hydrogens is 249 g/mol. The third kappa shape index (κ3) is 3.14. The number of hydrogen-bond acceptors (Lipinski definition) is 4. The van der Waals surface area contributed by atoms with E-state index in [1.807, 2.05) is 6.92 Å². The normalized spacial score (nSPS) is 10.5. The number of nitrogens with zero attached hydrogens (tertiary/aromatic N) is 3. The monoisotopic (exact) mass is 263 g/mol. The zero-order valence-corrected chi connectivity index (χ0v) is 10.4. The highest BCUT2D eigenvalue weighted by Crippen LogP contribution is 2.16. The minimum atomic E-state index is -0.507. The fraction of sp³-hybridized carbons (Fsp3) is 0.250. The van der Waals surface area contributed by atoms with Gasteiger partial charge in [-0.15, -0.1) is 5.10 Å². The Morgan fingerprint density at radius 2 is 2.32 bits per heavy atom. The van der Waals surface area contributed by atoms with Crippen molar-refractivity contribution in [1.29, 1.82) is 0 Å². The summed E-state index contributed by atoms with van der Waals surface area (Å²) in [6.07, 6.45) is 1.47. The summed E-state index contributed by atoms with van der Waals surface area (Å²) in [7, 11) is 0. The molecule has 0 bridgehead atoms. The topological polar surface area (TPSA) is 85.8 Å². The van der Waals surface area contributed by atoms with Crippen LogP contribution in [0.25, 0.3) is 0 Å². The van der Waals surface area contributed by atoms with E-state index in [9.17, 15) is 9.18 Å². The third-order valence-corrected chi connectivity index (χ3v) is 2.50. The molecule has 0 fully saturated rings. The van der Waals surface area contributed by atoms with Gasteiger partial charge in [-0.2, -0.15) is 0 Å². The molecule has 3 N–H and O–H groups in total. The van der Waals surface area contributed by atoms with E-state index >= 15 is 0 Å². The first-order valence-electron chi connectivity index (χ1n) is 5.78. The molecule has 2 rings (SSSR count). The Labute approximate surface area is 109 Å². The maximum Gasteiger partial charge on any atom is 0.277 e. The molecule has 1 heterocycles. The number of aromatic nitrogens is 3. The van der Waals surface area contributed by atoms with Crippen LogP contribution in [-0.2, 0) is 6.54 Å². The summed E-state index contributed by atoms with van der Waals surface area (Å²) in [4.78, 5) is 11.9. The van der Waals surface area contributed by atoms with Gasteiger partial charge in [-0.3, -0.25) is 9.48 Å².